The molecule has 4 heteroatoms. The average molecular weight is 269 g/mol. The normalized spacial score (nSPS) is 14.9. The van der Waals surface area contributed by atoms with Crippen molar-refractivity contribution in [2.75, 3.05) is 0 Å². The van der Waals surface area contributed by atoms with Gasteiger partial charge in [-0.15, -0.1) is 0 Å². The molecular weight excluding hydrogens is 244 g/mol. The molecule has 0 aromatic rings. The Balaban J connectivity index is 3.07. The van der Waals surface area contributed by atoms with E-state index in [1.165, 1.54) is 44.9 Å². The smallest absolute Gasteiger partial charge is 0.144 e. The minimum Gasteiger partial charge on any atom is -0.379 e. The Labute approximate surface area is 107 Å². The van der Waals surface area contributed by atoms with E-state index >= 15 is 0 Å². The summed E-state index contributed by atoms with van der Waals surface area (Å²) in [4.78, 5) is 0. The van der Waals surface area contributed by atoms with Crippen LogP contribution in [0.1, 0.15) is 71.1 Å². The van der Waals surface area contributed by atoms with E-state index in [2.05, 4.69) is 6.92 Å². The third kappa shape index (κ3) is 10.9. The lowest BCUT2D eigenvalue weighted by Gasteiger charge is -2.05. The molecule has 0 bridgehead atoms. The third-order valence-electron chi connectivity index (χ3n) is 2.77. The Morgan fingerprint density at radius 3 is 1.88 bits per heavy atom. The highest BCUT2D eigenvalue weighted by Gasteiger charge is 2.08. The number of halogens is 1. The summed E-state index contributed by atoms with van der Waals surface area (Å²) < 4.78 is 10.6. The van der Waals surface area contributed by atoms with Gasteiger partial charge in [-0.25, -0.2) is 4.21 Å². The van der Waals surface area contributed by atoms with E-state index in [1.54, 1.807) is 0 Å². The Morgan fingerprint density at radius 2 is 1.44 bits per heavy atom. The molecule has 0 saturated carbocycles. The SMILES string of the molecule is CCCCCCCCCCCC(O)S(=O)Cl. The van der Waals surface area contributed by atoms with Gasteiger partial charge in [0.25, 0.3) is 0 Å². The number of aliphatic hydroxyl groups excluding tert-OH is 1. The van der Waals surface area contributed by atoms with Gasteiger partial charge in [-0.3, -0.25) is 0 Å². The van der Waals surface area contributed by atoms with Crippen molar-refractivity contribution in [1.82, 2.24) is 0 Å². The Hall–Kier alpha value is 0.400. The Morgan fingerprint density at radius 1 is 1.00 bits per heavy atom. The van der Waals surface area contributed by atoms with E-state index in [0.29, 0.717) is 6.42 Å². The van der Waals surface area contributed by atoms with E-state index in [4.69, 9.17) is 10.7 Å². The van der Waals surface area contributed by atoms with Gasteiger partial charge in [-0.05, 0) is 23.5 Å². The highest BCUT2D eigenvalue weighted by atomic mass is 35.7. The molecule has 0 amide bonds. The molecule has 0 saturated heterocycles. The van der Waals surface area contributed by atoms with E-state index in [0.717, 1.165) is 12.8 Å². The van der Waals surface area contributed by atoms with Crippen LogP contribution >= 0.6 is 10.7 Å². The second-order valence-corrected chi connectivity index (χ2v) is 6.27. The maximum atomic E-state index is 10.6. The minimum atomic E-state index is -1.60. The van der Waals surface area contributed by atoms with Gasteiger partial charge in [0.05, 0.1) is 0 Å². The molecule has 0 aromatic carbocycles. The molecule has 0 fully saturated rings. The van der Waals surface area contributed by atoms with Crippen molar-refractivity contribution >= 4 is 20.7 Å². The lowest BCUT2D eigenvalue weighted by Crippen LogP contribution is -2.08. The van der Waals surface area contributed by atoms with E-state index in [1.807, 2.05) is 0 Å². The molecule has 0 aliphatic heterocycles. The van der Waals surface area contributed by atoms with Crippen molar-refractivity contribution in [2.45, 2.75) is 76.6 Å². The predicted octanol–water partition coefficient (Wildman–Crippen LogP) is 4.13. The molecular formula is C12H25ClO2S. The summed E-state index contributed by atoms with van der Waals surface area (Å²) in [6.07, 6.45) is 11.8. The first kappa shape index (κ1) is 16.4. The average Bonchev–Trinajstić information content (AvgIpc) is 2.26. The molecule has 0 aliphatic carbocycles. The van der Waals surface area contributed by atoms with Gasteiger partial charge in [0.1, 0.15) is 15.4 Å². The summed E-state index contributed by atoms with van der Waals surface area (Å²) in [6.45, 7) is 2.23. The first-order chi connectivity index (χ1) is 7.68. The molecule has 2 atom stereocenters. The van der Waals surface area contributed by atoms with Crippen LogP contribution in [-0.4, -0.2) is 14.8 Å². The second-order valence-electron chi connectivity index (χ2n) is 4.32. The van der Waals surface area contributed by atoms with Crippen LogP contribution in [0, 0.1) is 0 Å². The standard InChI is InChI=1S/C12H25ClO2S/c1-2-3-4-5-6-7-8-9-10-11-12(14)16(13)15/h12,14H,2-11H2,1H3. The Bertz CT molecular complexity index is 176. The van der Waals surface area contributed by atoms with E-state index in [9.17, 15) is 9.32 Å². The van der Waals surface area contributed by atoms with Crippen LogP contribution in [0.15, 0.2) is 0 Å². The van der Waals surface area contributed by atoms with Gasteiger partial charge in [0.2, 0.25) is 0 Å². The topological polar surface area (TPSA) is 37.3 Å². The molecule has 0 rings (SSSR count). The molecule has 0 aliphatic rings. The van der Waals surface area contributed by atoms with Gasteiger partial charge in [-0.1, -0.05) is 58.3 Å². The van der Waals surface area contributed by atoms with Crippen LogP contribution < -0.4 is 0 Å². The molecule has 0 aromatic heterocycles. The zero-order valence-corrected chi connectivity index (χ0v) is 11.9. The van der Waals surface area contributed by atoms with Crippen LogP contribution in [0.25, 0.3) is 0 Å². The van der Waals surface area contributed by atoms with Crippen molar-refractivity contribution in [3.8, 4) is 0 Å². The van der Waals surface area contributed by atoms with Crippen LogP contribution in [0.2, 0.25) is 0 Å². The van der Waals surface area contributed by atoms with E-state index < -0.39 is 15.4 Å². The quantitative estimate of drug-likeness (QED) is 0.452. The number of unbranched alkanes of at least 4 members (excludes halogenated alkanes) is 8. The summed E-state index contributed by atoms with van der Waals surface area (Å²) in [5.74, 6) is 0. The van der Waals surface area contributed by atoms with Crippen LogP contribution in [0.4, 0.5) is 0 Å². The molecule has 0 spiro atoms. The number of aliphatic hydroxyl groups is 1. The van der Waals surface area contributed by atoms with Gasteiger partial charge in [-0.2, -0.15) is 0 Å². The molecule has 0 heterocycles. The summed E-state index contributed by atoms with van der Waals surface area (Å²) in [7, 11) is 3.67. The third-order valence-corrected chi connectivity index (χ3v) is 4.05. The van der Waals surface area contributed by atoms with E-state index in [-0.39, 0.29) is 0 Å². The molecule has 1 N–H and O–H groups in total. The number of hydrogen-bond donors (Lipinski definition) is 1. The first-order valence-corrected chi connectivity index (χ1v) is 8.47. The van der Waals surface area contributed by atoms with Gasteiger partial charge >= 0.3 is 0 Å². The van der Waals surface area contributed by atoms with Crippen molar-refractivity contribution in [1.29, 1.82) is 0 Å². The van der Waals surface area contributed by atoms with Gasteiger partial charge < -0.3 is 5.11 Å². The summed E-state index contributed by atoms with van der Waals surface area (Å²) in [6, 6.07) is 0. The fourth-order valence-electron chi connectivity index (χ4n) is 1.72. The maximum absolute atomic E-state index is 10.6. The maximum Gasteiger partial charge on any atom is 0.144 e. The zero-order valence-electron chi connectivity index (χ0n) is 10.3. The largest absolute Gasteiger partial charge is 0.379 e. The fourth-order valence-corrected chi connectivity index (χ4v) is 2.34. The molecule has 2 nitrogen and oxygen atoms in total. The van der Waals surface area contributed by atoms with Crippen LogP contribution in [0.5, 0.6) is 0 Å². The minimum absolute atomic E-state index is 0.561. The molecule has 0 radical (unpaired) electrons. The molecule has 16 heavy (non-hydrogen) atoms. The fraction of sp³-hybridized carbons (Fsp3) is 1.00. The van der Waals surface area contributed by atoms with Crippen molar-refractivity contribution in [3.05, 3.63) is 0 Å². The summed E-state index contributed by atoms with van der Waals surface area (Å²) in [5.41, 5.74) is -0.841. The second kappa shape index (κ2) is 11.9. The molecule has 98 valence electrons. The summed E-state index contributed by atoms with van der Waals surface area (Å²) in [5, 5.41) is 9.19. The van der Waals surface area contributed by atoms with Crippen molar-refractivity contribution < 1.29 is 9.32 Å². The highest BCUT2D eigenvalue weighted by Crippen LogP contribution is 2.13. The molecule has 2 unspecified atom stereocenters. The van der Waals surface area contributed by atoms with Gasteiger partial charge in [0.15, 0.2) is 0 Å². The first-order valence-electron chi connectivity index (χ1n) is 6.43. The lowest BCUT2D eigenvalue weighted by atomic mass is 10.1. The lowest BCUT2D eigenvalue weighted by molar-refractivity contribution is 0.243. The number of rotatable bonds is 11. The predicted molar refractivity (Wildman–Crippen MR) is 71.8 cm³/mol. The van der Waals surface area contributed by atoms with Crippen molar-refractivity contribution in [2.24, 2.45) is 0 Å². The monoisotopic (exact) mass is 268 g/mol. The van der Waals surface area contributed by atoms with Crippen LogP contribution in [-0.2, 0) is 10.0 Å². The van der Waals surface area contributed by atoms with Crippen molar-refractivity contribution in [3.63, 3.8) is 0 Å². The summed E-state index contributed by atoms with van der Waals surface area (Å²) >= 11 is 0. The van der Waals surface area contributed by atoms with Gasteiger partial charge in [0, 0.05) is 0 Å². The zero-order chi connectivity index (χ0) is 12.2. The highest BCUT2D eigenvalue weighted by molar-refractivity contribution is 8.08. The Kier molecular flexibility index (Phi) is 12.2. The number of hydrogen-bond acceptors (Lipinski definition) is 2. The van der Waals surface area contributed by atoms with Crippen LogP contribution in [0.3, 0.4) is 0 Å².